The van der Waals surface area contributed by atoms with Gasteiger partial charge in [-0.1, -0.05) is 13.8 Å². The summed E-state index contributed by atoms with van der Waals surface area (Å²) in [4.78, 5) is 4.70. The summed E-state index contributed by atoms with van der Waals surface area (Å²) in [6.45, 7) is 5.49. The topological polar surface area (TPSA) is 69.4 Å². The first-order valence-corrected chi connectivity index (χ1v) is 6.87. The smallest absolute Gasteiger partial charge is 0.163 e. The van der Waals surface area contributed by atoms with Gasteiger partial charge in [0, 0.05) is 17.1 Å². The lowest BCUT2D eigenvalue weighted by molar-refractivity contribution is 0.172. The number of nitrogens with zero attached hydrogens (tertiary/aromatic N) is 1. The highest BCUT2D eigenvalue weighted by molar-refractivity contribution is 5.93. The van der Waals surface area contributed by atoms with Crippen LogP contribution in [0.4, 0.5) is 5.69 Å². The van der Waals surface area contributed by atoms with E-state index < -0.39 is 0 Å². The molecule has 0 fully saturated rings. The fourth-order valence-electron chi connectivity index (χ4n) is 2.46. The van der Waals surface area contributed by atoms with Crippen molar-refractivity contribution < 1.29 is 9.47 Å². The zero-order chi connectivity index (χ0) is 14.1. The largest absolute Gasteiger partial charge is 0.486 e. The van der Waals surface area contributed by atoms with Gasteiger partial charge < -0.3 is 14.9 Å². The number of anilines is 1. The van der Waals surface area contributed by atoms with E-state index >= 15 is 0 Å². The molecule has 0 saturated heterocycles. The average Bonchev–Trinajstić information content (AvgIpc) is 2.43. The Morgan fingerprint density at radius 2 is 1.90 bits per heavy atom. The first-order valence-electron chi connectivity index (χ1n) is 6.87. The van der Waals surface area contributed by atoms with Crippen LogP contribution in [0.25, 0.3) is 10.9 Å². The lowest BCUT2D eigenvalue weighted by Gasteiger charge is -2.19. The summed E-state index contributed by atoms with van der Waals surface area (Å²) in [5.74, 6) is 7.69. The summed E-state index contributed by atoms with van der Waals surface area (Å²) in [6.07, 6.45) is 0.916. The molecule has 106 valence electrons. The zero-order valence-corrected chi connectivity index (χ0v) is 11.8. The number of aromatic nitrogens is 1. The first-order chi connectivity index (χ1) is 9.67. The number of hydrazine groups is 1. The molecule has 3 rings (SSSR count). The van der Waals surface area contributed by atoms with Gasteiger partial charge in [-0.2, -0.15) is 0 Å². The van der Waals surface area contributed by atoms with Crippen LogP contribution < -0.4 is 20.7 Å². The summed E-state index contributed by atoms with van der Waals surface area (Å²) < 4.78 is 11.2. The second kappa shape index (κ2) is 5.17. The van der Waals surface area contributed by atoms with E-state index in [0.717, 1.165) is 40.2 Å². The maximum atomic E-state index is 5.64. The lowest BCUT2D eigenvalue weighted by Crippen LogP contribution is -2.15. The first kappa shape index (κ1) is 13.0. The highest BCUT2D eigenvalue weighted by Gasteiger charge is 2.15. The number of nitrogen functional groups attached to an aromatic ring is 1. The van der Waals surface area contributed by atoms with Crippen molar-refractivity contribution in [2.45, 2.75) is 20.3 Å². The Morgan fingerprint density at radius 3 is 2.55 bits per heavy atom. The van der Waals surface area contributed by atoms with Crippen LogP contribution in [0.2, 0.25) is 0 Å². The Bertz CT molecular complexity index is 641. The number of pyridine rings is 1. The minimum atomic E-state index is 0.544. The minimum Gasteiger partial charge on any atom is -0.486 e. The van der Waals surface area contributed by atoms with Crippen molar-refractivity contribution in [3.05, 3.63) is 23.9 Å². The fourth-order valence-corrected chi connectivity index (χ4v) is 2.46. The summed E-state index contributed by atoms with van der Waals surface area (Å²) in [6, 6.07) is 5.86. The molecular weight excluding hydrogens is 254 g/mol. The average molecular weight is 273 g/mol. The number of ether oxygens (including phenoxy) is 2. The number of hydrogen-bond acceptors (Lipinski definition) is 5. The van der Waals surface area contributed by atoms with Gasteiger partial charge in [-0.05, 0) is 24.5 Å². The summed E-state index contributed by atoms with van der Waals surface area (Å²) >= 11 is 0. The van der Waals surface area contributed by atoms with Gasteiger partial charge in [0.1, 0.15) is 13.2 Å². The Balaban J connectivity index is 2.15. The molecule has 5 nitrogen and oxygen atoms in total. The van der Waals surface area contributed by atoms with E-state index in [2.05, 4.69) is 19.3 Å². The molecule has 1 aliphatic heterocycles. The molecule has 0 bridgehead atoms. The van der Waals surface area contributed by atoms with Crippen molar-refractivity contribution in [2.75, 3.05) is 18.6 Å². The molecule has 0 radical (unpaired) electrons. The van der Waals surface area contributed by atoms with Gasteiger partial charge in [0.15, 0.2) is 11.5 Å². The van der Waals surface area contributed by atoms with E-state index in [4.69, 9.17) is 20.3 Å². The maximum absolute atomic E-state index is 5.64. The van der Waals surface area contributed by atoms with Crippen LogP contribution in [-0.2, 0) is 6.42 Å². The highest BCUT2D eigenvalue weighted by Crippen LogP contribution is 2.36. The van der Waals surface area contributed by atoms with Crippen molar-refractivity contribution in [2.24, 2.45) is 11.8 Å². The quantitative estimate of drug-likeness (QED) is 0.664. The molecule has 0 aliphatic carbocycles. The van der Waals surface area contributed by atoms with Crippen LogP contribution in [0.5, 0.6) is 11.5 Å². The molecule has 5 heteroatoms. The van der Waals surface area contributed by atoms with Gasteiger partial charge in [-0.15, -0.1) is 0 Å². The molecule has 0 spiro atoms. The summed E-state index contributed by atoms with van der Waals surface area (Å²) in [5, 5.41) is 0.948. The van der Waals surface area contributed by atoms with Crippen molar-refractivity contribution >= 4 is 16.6 Å². The zero-order valence-electron chi connectivity index (χ0n) is 11.8. The number of hydrogen-bond donors (Lipinski definition) is 2. The van der Waals surface area contributed by atoms with Gasteiger partial charge in [-0.3, -0.25) is 10.8 Å². The number of fused-ring (bicyclic) bond motifs is 2. The molecule has 20 heavy (non-hydrogen) atoms. The van der Waals surface area contributed by atoms with E-state index in [1.807, 2.05) is 18.2 Å². The number of nitrogens with one attached hydrogen (secondary N) is 1. The van der Waals surface area contributed by atoms with Gasteiger partial charge in [0.25, 0.3) is 0 Å². The molecule has 0 atom stereocenters. The Kier molecular flexibility index (Phi) is 3.36. The normalized spacial score (nSPS) is 13.8. The van der Waals surface area contributed by atoms with E-state index in [1.165, 1.54) is 0 Å². The SMILES string of the molecule is CC(C)Cc1cc(NN)c2cc3c(cc2n1)OCCO3. The predicted molar refractivity (Wildman–Crippen MR) is 79.1 cm³/mol. The molecule has 1 aromatic heterocycles. The van der Waals surface area contributed by atoms with Crippen LogP contribution >= 0.6 is 0 Å². The fraction of sp³-hybridized carbons (Fsp3) is 0.400. The standard InChI is InChI=1S/C15H19N3O2/c1-9(2)5-10-6-13(18-16)11-7-14-15(8-12(11)17-10)20-4-3-19-14/h6-9H,3-5,16H2,1-2H3,(H,17,18). The Hall–Kier alpha value is -2.01. The molecule has 0 unspecified atom stereocenters. The number of rotatable bonds is 3. The second-order valence-corrected chi connectivity index (χ2v) is 5.42. The third-order valence-electron chi connectivity index (χ3n) is 3.30. The van der Waals surface area contributed by atoms with Crippen LogP contribution in [-0.4, -0.2) is 18.2 Å². The molecular formula is C15H19N3O2. The molecule has 2 aromatic rings. The predicted octanol–water partition coefficient (Wildman–Crippen LogP) is 2.49. The number of nitrogens with two attached hydrogens (primary N) is 1. The second-order valence-electron chi connectivity index (χ2n) is 5.42. The Morgan fingerprint density at radius 1 is 1.20 bits per heavy atom. The van der Waals surface area contributed by atoms with E-state index in [9.17, 15) is 0 Å². The third kappa shape index (κ3) is 2.36. The molecule has 1 aliphatic rings. The van der Waals surface area contributed by atoms with Gasteiger partial charge in [0.2, 0.25) is 0 Å². The van der Waals surface area contributed by atoms with Crippen molar-refractivity contribution in [1.29, 1.82) is 0 Å². The highest BCUT2D eigenvalue weighted by atomic mass is 16.6. The van der Waals surface area contributed by atoms with Crippen LogP contribution in [0.15, 0.2) is 18.2 Å². The Labute approximate surface area is 118 Å². The molecule has 0 amide bonds. The van der Waals surface area contributed by atoms with Crippen molar-refractivity contribution in [1.82, 2.24) is 4.98 Å². The molecule has 2 heterocycles. The van der Waals surface area contributed by atoms with Gasteiger partial charge >= 0.3 is 0 Å². The monoisotopic (exact) mass is 273 g/mol. The van der Waals surface area contributed by atoms with Crippen molar-refractivity contribution in [3.8, 4) is 11.5 Å². The van der Waals surface area contributed by atoms with Crippen LogP contribution in [0.1, 0.15) is 19.5 Å². The maximum Gasteiger partial charge on any atom is 0.163 e. The minimum absolute atomic E-state index is 0.544. The van der Waals surface area contributed by atoms with Crippen LogP contribution in [0, 0.1) is 5.92 Å². The third-order valence-corrected chi connectivity index (χ3v) is 3.30. The van der Waals surface area contributed by atoms with Gasteiger partial charge in [0.05, 0.1) is 11.2 Å². The molecule has 0 saturated carbocycles. The van der Waals surface area contributed by atoms with Crippen molar-refractivity contribution in [3.63, 3.8) is 0 Å². The van der Waals surface area contributed by atoms with E-state index in [-0.39, 0.29) is 0 Å². The molecule has 1 aromatic carbocycles. The number of benzene rings is 1. The van der Waals surface area contributed by atoms with E-state index in [1.54, 1.807) is 0 Å². The lowest BCUT2D eigenvalue weighted by atomic mass is 10.0. The van der Waals surface area contributed by atoms with E-state index in [0.29, 0.717) is 19.1 Å². The summed E-state index contributed by atoms with van der Waals surface area (Å²) in [5.41, 5.74) is 5.52. The molecule has 3 N–H and O–H groups in total. The van der Waals surface area contributed by atoms with Gasteiger partial charge in [-0.25, -0.2) is 0 Å². The summed E-state index contributed by atoms with van der Waals surface area (Å²) in [7, 11) is 0. The van der Waals surface area contributed by atoms with Crippen LogP contribution in [0.3, 0.4) is 0 Å².